The van der Waals surface area contributed by atoms with E-state index in [-0.39, 0.29) is 6.61 Å². The van der Waals surface area contributed by atoms with Gasteiger partial charge in [-0.3, -0.25) is 9.59 Å². The number of carbonyl (C=O) groups is 2. The maximum atomic E-state index is 12.6. The summed E-state index contributed by atoms with van der Waals surface area (Å²) in [5.41, 5.74) is 0. The van der Waals surface area contributed by atoms with E-state index in [1.807, 2.05) is 0 Å². The lowest BCUT2D eigenvalue weighted by atomic mass is 9.83. The van der Waals surface area contributed by atoms with Crippen LogP contribution < -0.4 is 0 Å². The van der Waals surface area contributed by atoms with E-state index in [0.717, 1.165) is 12.2 Å². The van der Waals surface area contributed by atoms with Crippen molar-refractivity contribution in [3.63, 3.8) is 0 Å². The Morgan fingerprint density at radius 3 is 2.69 bits per heavy atom. The zero-order chi connectivity index (χ0) is 12.3. The van der Waals surface area contributed by atoms with Crippen molar-refractivity contribution < 1.29 is 27.5 Å². The van der Waals surface area contributed by atoms with Crippen LogP contribution in [0.15, 0.2) is 12.2 Å². The Hall–Kier alpha value is -1.33. The molecule has 1 rings (SSSR count). The minimum absolute atomic E-state index is 0.0156. The first kappa shape index (κ1) is 12.7. The summed E-state index contributed by atoms with van der Waals surface area (Å²) in [6.07, 6.45) is -3.28. The van der Waals surface area contributed by atoms with Crippen LogP contribution in [-0.2, 0) is 14.3 Å². The van der Waals surface area contributed by atoms with Crippen molar-refractivity contribution >= 4 is 11.8 Å². The molecule has 0 spiro atoms. The van der Waals surface area contributed by atoms with Gasteiger partial charge in [0, 0.05) is 6.42 Å². The average molecular weight is 236 g/mol. The number of rotatable bonds is 2. The zero-order valence-electron chi connectivity index (χ0n) is 8.58. The van der Waals surface area contributed by atoms with Crippen molar-refractivity contribution in [3.05, 3.63) is 12.2 Å². The SMILES string of the molecule is CCOC(=O)C1C=CC(=O)CC1C(F)(F)F. The van der Waals surface area contributed by atoms with Gasteiger partial charge in [0.05, 0.1) is 18.4 Å². The molecule has 1 aliphatic carbocycles. The van der Waals surface area contributed by atoms with Gasteiger partial charge in [0.25, 0.3) is 0 Å². The van der Waals surface area contributed by atoms with Gasteiger partial charge in [-0.15, -0.1) is 0 Å². The third-order valence-corrected chi connectivity index (χ3v) is 2.32. The number of allylic oxidation sites excluding steroid dienone is 1. The Morgan fingerprint density at radius 2 is 2.19 bits per heavy atom. The molecule has 0 aromatic carbocycles. The Morgan fingerprint density at radius 1 is 1.56 bits per heavy atom. The van der Waals surface area contributed by atoms with E-state index in [1.54, 1.807) is 0 Å². The largest absolute Gasteiger partial charge is 0.466 e. The van der Waals surface area contributed by atoms with E-state index in [0.29, 0.717) is 0 Å². The quantitative estimate of drug-likeness (QED) is 0.687. The molecule has 0 saturated heterocycles. The Kier molecular flexibility index (Phi) is 3.72. The molecule has 3 nitrogen and oxygen atoms in total. The van der Waals surface area contributed by atoms with E-state index in [4.69, 9.17) is 0 Å². The lowest BCUT2D eigenvalue weighted by molar-refractivity contribution is -0.196. The molecule has 2 atom stereocenters. The smallest absolute Gasteiger partial charge is 0.393 e. The Balaban J connectivity index is 2.90. The van der Waals surface area contributed by atoms with Crippen molar-refractivity contribution in [1.82, 2.24) is 0 Å². The Bertz CT molecular complexity index is 320. The summed E-state index contributed by atoms with van der Waals surface area (Å²) in [4.78, 5) is 22.2. The molecule has 2 unspecified atom stereocenters. The molecule has 0 amide bonds. The standard InChI is InChI=1S/C10H11F3O3/c1-2-16-9(15)7-4-3-6(14)5-8(7)10(11,12)13/h3-4,7-8H,2,5H2,1H3. The maximum Gasteiger partial charge on any atom is 0.393 e. The van der Waals surface area contributed by atoms with Gasteiger partial charge in [-0.2, -0.15) is 13.2 Å². The summed E-state index contributed by atoms with van der Waals surface area (Å²) in [6, 6.07) is 0. The van der Waals surface area contributed by atoms with Crippen LogP contribution in [0.3, 0.4) is 0 Å². The number of ketones is 1. The second kappa shape index (κ2) is 4.67. The van der Waals surface area contributed by atoms with Crippen LogP contribution in [0.25, 0.3) is 0 Å². The van der Waals surface area contributed by atoms with Crippen molar-refractivity contribution in [1.29, 1.82) is 0 Å². The van der Waals surface area contributed by atoms with Crippen LogP contribution >= 0.6 is 0 Å². The molecule has 0 aromatic heterocycles. The molecule has 6 heteroatoms. The van der Waals surface area contributed by atoms with Gasteiger partial charge in [0.15, 0.2) is 5.78 Å². The highest BCUT2D eigenvalue weighted by molar-refractivity contribution is 5.93. The van der Waals surface area contributed by atoms with E-state index in [2.05, 4.69) is 4.74 Å². The highest BCUT2D eigenvalue weighted by Gasteiger charge is 2.49. The first-order valence-corrected chi connectivity index (χ1v) is 4.80. The van der Waals surface area contributed by atoms with Crippen LogP contribution in [0.4, 0.5) is 13.2 Å². The second-order valence-corrected chi connectivity index (χ2v) is 3.46. The Labute approximate surface area is 90.3 Å². The summed E-state index contributed by atoms with van der Waals surface area (Å²) >= 11 is 0. The number of hydrogen-bond donors (Lipinski definition) is 0. The maximum absolute atomic E-state index is 12.6. The van der Waals surface area contributed by atoms with Gasteiger partial charge in [-0.1, -0.05) is 6.08 Å². The fourth-order valence-electron chi connectivity index (χ4n) is 1.56. The predicted octanol–water partition coefficient (Wildman–Crippen LogP) is 1.87. The summed E-state index contributed by atoms with van der Waals surface area (Å²) < 4.78 is 42.3. The van der Waals surface area contributed by atoms with Crippen molar-refractivity contribution in [2.45, 2.75) is 19.5 Å². The molecule has 0 heterocycles. The monoisotopic (exact) mass is 236 g/mol. The molecule has 1 aliphatic rings. The van der Waals surface area contributed by atoms with Gasteiger partial charge in [0.1, 0.15) is 0 Å². The first-order valence-electron chi connectivity index (χ1n) is 4.80. The third kappa shape index (κ3) is 2.84. The number of carbonyl (C=O) groups excluding carboxylic acids is 2. The number of esters is 1. The van der Waals surface area contributed by atoms with Crippen molar-refractivity contribution in [2.24, 2.45) is 11.8 Å². The molecule has 0 radical (unpaired) electrons. The van der Waals surface area contributed by atoms with Crippen LogP contribution in [0.1, 0.15) is 13.3 Å². The lowest BCUT2D eigenvalue weighted by Crippen LogP contribution is -2.38. The highest BCUT2D eigenvalue weighted by Crippen LogP contribution is 2.38. The lowest BCUT2D eigenvalue weighted by Gasteiger charge is -2.27. The highest BCUT2D eigenvalue weighted by atomic mass is 19.4. The summed E-state index contributed by atoms with van der Waals surface area (Å²) in [5, 5.41) is 0. The van der Waals surface area contributed by atoms with Gasteiger partial charge in [-0.25, -0.2) is 0 Å². The van der Waals surface area contributed by atoms with Crippen LogP contribution in [0, 0.1) is 11.8 Å². The topological polar surface area (TPSA) is 43.4 Å². The number of ether oxygens (including phenoxy) is 1. The molecule has 0 bridgehead atoms. The van der Waals surface area contributed by atoms with Gasteiger partial charge in [0.2, 0.25) is 0 Å². The van der Waals surface area contributed by atoms with Gasteiger partial charge >= 0.3 is 12.1 Å². The summed E-state index contributed by atoms with van der Waals surface area (Å²) in [7, 11) is 0. The molecule has 16 heavy (non-hydrogen) atoms. The van der Waals surface area contributed by atoms with E-state index in [9.17, 15) is 22.8 Å². The van der Waals surface area contributed by atoms with Gasteiger partial charge in [-0.05, 0) is 13.0 Å². The summed E-state index contributed by atoms with van der Waals surface area (Å²) in [5.74, 6) is -4.93. The zero-order valence-corrected chi connectivity index (χ0v) is 8.58. The minimum Gasteiger partial charge on any atom is -0.466 e. The van der Waals surface area contributed by atoms with Crippen LogP contribution in [-0.4, -0.2) is 24.5 Å². The van der Waals surface area contributed by atoms with Crippen LogP contribution in [0.2, 0.25) is 0 Å². The van der Waals surface area contributed by atoms with E-state index >= 15 is 0 Å². The molecule has 0 N–H and O–H groups in total. The normalized spacial score (nSPS) is 25.6. The van der Waals surface area contributed by atoms with E-state index in [1.165, 1.54) is 6.92 Å². The molecule has 0 aliphatic heterocycles. The molecule has 0 saturated carbocycles. The number of alkyl halides is 3. The first-order chi connectivity index (χ1) is 7.36. The fourth-order valence-corrected chi connectivity index (χ4v) is 1.56. The third-order valence-electron chi connectivity index (χ3n) is 2.32. The van der Waals surface area contributed by atoms with Gasteiger partial charge < -0.3 is 4.74 Å². The van der Waals surface area contributed by atoms with E-state index < -0.39 is 36.2 Å². The molecule has 0 aromatic rings. The van der Waals surface area contributed by atoms with Crippen molar-refractivity contribution in [2.75, 3.05) is 6.61 Å². The molecule has 90 valence electrons. The number of hydrogen-bond acceptors (Lipinski definition) is 3. The molecular weight excluding hydrogens is 225 g/mol. The summed E-state index contributed by atoms with van der Waals surface area (Å²) in [6.45, 7) is 1.53. The van der Waals surface area contributed by atoms with Crippen molar-refractivity contribution in [3.8, 4) is 0 Å². The number of halogens is 3. The average Bonchev–Trinajstić information content (AvgIpc) is 2.16. The van der Waals surface area contributed by atoms with Crippen LogP contribution in [0.5, 0.6) is 0 Å². The fraction of sp³-hybridized carbons (Fsp3) is 0.600. The minimum atomic E-state index is -4.57. The second-order valence-electron chi connectivity index (χ2n) is 3.46. The predicted molar refractivity (Wildman–Crippen MR) is 48.4 cm³/mol. The molecular formula is C10H11F3O3. The molecule has 0 fully saturated rings.